The minimum Gasteiger partial charge on any atom is -0.393 e. The predicted molar refractivity (Wildman–Crippen MR) is 117 cm³/mol. The average molecular weight is 417 g/mol. The summed E-state index contributed by atoms with van der Waals surface area (Å²) in [6.07, 6.45) is 7.21. The molecule has 7 heteroatoms. The van der Waals surface area contributed by atoms with Gasteiger partial charge in [0.2, 0.25) is 0 Å². The van der Waals surface area contributed by atoms with Gasteiger partial charge in [-0.2, -0.15) is 0 Å². The summed E-state index contributed by atoms with van der Waals surface area (Å²) < 4.78 is 5.49. The molecule has 2 N–H and O–H groups in total. The fourth-order valence-corrected chi connectivity index (χ4v) is 6.34. The summed E-state index contributed by atoms with van der Waals surface area (Å²) in [5.41, 5.74) is 1.49. The number of ether oxygens (including phenoxy) is 1. The Labute approximate surface area is 176 Å². The molecule has 0 amide bonds. The van der Waals surface area contributed by atoms with Crippen molar-refractivity contribution in [2.75, 3.05) is 31.6 Å². The largest absolute Gasteiger partial charge is 0.393 e. The molecular formula is C22H32N4O2S. The van der Waals surface area contributed by atoms with E-state index in [1.165, 1.54) is 28.7 Å². The van der Waals surface area contributed by atoms with Crippen LogP contribution in [0.5, 0.6) is 0 Å². The lowest BCUT2D eigenvalue weighted by Gasteiger charge is -2.28. The first-order valence-corrected chi connectivity index (χ1v) is 12.0. The zero-order valence-electron chi connectivity index (χ0n) is 17.3. The number of hydrogen-bond acceptors (Lipinski definition) is 7. The Balaban J connectivity index is 1.48. The number of morpholine rings is 1. The zero-order chi connectivity index (χ0) is 19.8. The third-order valence-electron chi connectivity index (χ3n) is 6.71. The van der Waals surface area contributed by atoms with Crippen molar-refractivity contribution < 1.29 is 9.84 Å². The van der Waals surface area contributed by atoms with Gasteiger partial charge in [-0.15, -0.1) is 11.3 Å². The van der Waals surface area contributed by atoms with Crippen LogP contribution in [0.2, 0.25) is 0 Å². The van der Waals surface area contributed by atoms with Gasteiger partial charge >= 0.3 is 0 Å². The van der Waals surface area contributed by atoms with Crippen LogP contribution in [-0.2, 0) is 24.1 Å². The Morgan fingerprint density at radius 3 is 2.72 bits per heavy atom. The first-order chi connectivity index (χ1) is 14.2. The van der Waals surface area contributed by atoms with Crippen molar-refractivity contribution in [1.82, 2.24) is 14.9 Å². The quantitative estimate of drug-likeness (QED) is 0.796. The number of nitrogens with one attached hydrogen (secondary N) is 1. The van der Waals surface area contributed by atoms with Crippen molar-refractivity contribution in [3.05, 3.63) is 16.3 Å². The Bertz CT molecular complexity index is 856. The normalized spacial score (nSPS) is 28.4. The number of hydrogen-bond donors (Lipinski definition) is 2. The van der Waals surface area contributed by atoms with E-state index in [9.17, 15) is 5.11 Å². The summed E-state index contributed by atoms with van der Waals surface area (Å²) in [6.45, 7) is 6.63. The van der Waals surface area contributed by atoms with Gasteiger partial charge in [-0.05, 0) is 56.4 Å². The molecule has 1 saturated carbocycles. The molecule has 1 saturated heterocycles. The first-order valence-electron chi connectivity index (χ1n) is 11.2. The highest BCUT2D eigenvalue weighted by atomic mass is 32.1. The second-order valence-corrected chi connectivity index (χ2v) is 10.1. The van der Waals surface area contributed by atoms with E-state index in [-0.39, 0.29) is 6.10 Å². The highest BCUT2D eigenvalue weighted by Gasteiger charge is 2.26. The molecule has 1 aliphatic heterocycles. The van der Waals surface area contributed by atoms with E-state index >= 15 is 0 Å². The van der Waals surface area contributed by atoms with Gasteiger partial charge in [-0.25, -0.2) is 9.97 Å². The van der Waals surface area contributed by atoms with Crippen LogP contribution in [0.15, 0.2) is 0 Å². The molecule has 5 rings (SSSR count). The smallest absolute Gasteiger partial charge is 0.146 e. The molecule has 0 unspecified atom stereocenters. The SMILES string of the molecule is C[C@H]1CCc2c(sc3nc(CN4CCOCC4)nc(NC4CCC(O)CC4)c23)C1. The van der Waals surface area contributed by atoms with Gasteiger partial charge in [0.15, 0.2) is 0 Å². The molecule has 0 radical (unpaired) electrons. The van der Waals surface area contributed by atoms with Gasteiger partial charge in [0.25, 0.3) is 0 Å². The number of thiophene rings is 1. The number of aromatic nitrogens is 2. The molecule has 0 aromatic carbocycles. The lowest BCUT2D eigenvalue weighted by molar-refractivity contribution is 0.0331. The van der Waals surface area contributed by atoms with Gasteiger partial charge in [0.05, 0.1) is 31.2 Å². The van der Waals surface area contributed by atoms with Crippen LogP contribution in [0.25, 0.3) is 10.2 Å². The Morgan fingerprint density at radius 2 is 1.93 bits per heavy atom. The van der Waals surface area contributed by atoms with E-state index in [0.29, 0.717) is 6.04 Å². The summed E-state index contributed by atoms with van der Waals surface area (Å²) in [5.74, 6) is 2.71. The molecular weight excluding hydrogens is 384 g/mol. The fourth-order valence-electron chi connectivity index (χ4n) is 4.93. The number of nitrogens with zero attached hydrogens (tertiary/aromatic N) is 3. The van der Waals surface area contributed by atoms with Crippen LogP contribution in [0, 0.1) is 5.92 Å². The average Bonchev–Trinajstić information content (AvgIpc) is 3.08. The molecule has 6 nitrogen and oxygen atoms in total. The monoisotopic (exact) mass is 416 g/mol. The predicted octanol–water partition coefficient (Wildman–Crippen LogP) is 3.36. The zero-order valence-corrected chi connectivity index (χ0v) is 18.1. The Kier molecular flexibility index (Phi) is 5.74. The topological polar surface area (TPSA) is 70.5 Å². The van der Waals surface area contributed by atoms with Crippen molar-refractivity contribution in [3.8, 4) is 0 Å². The lowest BCUT2D eigenvalue weighted by atomic mass is 9.89. The molecule has 1 atom stereocenters. The molecule has 3 aliphatic rings. The van der Waals surface area contributed by atoms with Gasteiger partial charge in [0, 0.05) is 24.0 Å². The number of aliphatic hydroxyl groups excluding tert-OH is 1. The third-order valence-corrected chi connectivity index (χ3v) is 7.86. The molecule has 2 aromatic rings. The maximum atomic E-state index is 9.87. The van der Waals surface area contributed by atoms with Crippen LogP contribution >= 0.6 is 11.3 Å². The van der Waals surface area contributed by atoms with E-state index in [0.717, 1.165) is 87.3 Å². The van der Waals surface area contributed by atoms with Gasteiger partial charge in [-0.1, -0.05) is 6.92 Å². The van der Waals surface area contributed by atoms with E-state index in [1.54, 1.807) is 0 Å². The Morgan fingerprint density at radius 1 is 1.14 bits per heavy atom. The Hall–Kier alpha value is -1.28. The number of anilines is 1. The van der Waals surface area contributed by atoms with Crippen molar-refractivity contribution in [2.24, 2.45) is 5.92 Å². The first kappa shape index (κ1) is 19.7. The molecule has 2 fully saturated rings. The van der Waals surface area contributed by atoms with Crippen LogP contribution in [0.4, 0.5) is 5.82 Å². The van der Waals surface area contributed by atoms with Crippen molar-refractivity contribution in [2.45, 2.75) is 70.6 Å². The standard InChI is InChI=1S/C22H32N4O2S/c1-14-2-7-17-18(12-14)29-22-20(17)21(23-15-3-5-16(27)6-4-15)24-19(25-22)13-26-8-10-28-11-9-26/h14-16,27H,2-13H2,1H3,(H,23,24,25)/t14-,15?,16?/m0/s1. The number of aliphatic hydroxyl groups is 1. The molecule has 3 heterocycles. The van der Waals surface area contributed by atoms with Crippen molar-refractivity contribution in [3.63, 3.8) is 0 Å². The second-order valence-electron chi connectivity index (χ2n) is 9.06. The molecule has 0 bridgehead atoms. The molecule has 2 aromatic heterocycles. The van der Waals surface area contributed by atoms with Crippen LogP contribution < -0.4 is 5.32 Å². The van der Waals surface area contributed by atoms with Crippen LogP contribution in [0.1, 0.15) is 55.3 Å². The molecule has 29 heavy (non-hydrogen) atoms. The molecule has 2 aliphatic carbocycles. The van der Waals surface area contributed by atoms with E-state index in [1.807, 2.05) is 11.3 Å². The maximum Gasteiger partial charge on any atom is 0.146 e. The summed E-state index contributed by atoms with van der Waals surface area (Å²) in [5, 5.41) is 14.9. The van der Waals surface area contributed by atoms with E-state index < -0.39 is 0 Å². The van der Waals surface area contributed by atoms with Gasteiger partial charge in [0.1, 0.15) is 16.5 Å². The molecule has 0 spiro atoms. The summed E-state index contributed by atoms with van der Waals surface area (Å²) in [4.78, 5) is 15.1. The minimum atomic E-state index is -0.134. The minimum absolute atomic E-state index is 0.134. The lowest BCUT2D eigenvalue weighted by Crippen LogP contribution is -2.36. The maximum absolute atomic E-state index is 9.87. The summed E-state index contributed by atoms with van der Waals surface area (Å²) in [7, 11) is 0. The number of rotatable bonds is 4. The second kappa shape index (κ2) is 8.46. The van der Waals surface area contributed by atoms with Crippen molar-refractivity contribution >= 4 is 27.4 Å². The fraction of sp³-hybridized carbons (Fsp3) is 0.727. The molecule has 158 valence electrons. The summed E-state index contributed by atoms with van der Waals surface area (Å²) in [6, 6.07) is 0.394. The summed E-state index contributed by atoms with van der Waals surface area (Å²) >= 11 is 1.88. The van der Waals surface area contributed by atoms with Crippen molar-refractivity contribution in [1.29, 1.82) is 0 Å². The van der Waals surface area contributed by atoms with E-state index in [4.69, 9.17) is 14.7 Å². The number of fused-ring (bicyclic) bond motifs is 3. The highest BCUT2D eigenvalue weighted by molar-refractivity contribution is 7.19. The van der Waals surface area contributed by atoms with Gasteiger partial charge in [-0.3, -0.25) is 4.90 Å². The highest BCUT2D eigenvalue weighted by Crippen LogP contribution is 2.40. The number of aryl methyl sites for hydroxylation is 1. The van der Waals surface area contributed by atoms with Crippen LogP contribution in [0.3, 0.4) is 0 Å². The van der Waals surface area contributed by atoms with E-state index in [2.05, 4.69) is 17.1 Å². The van der Waals surface area contributed by atoms with Gasteiger partial charge < -0.3 is 15.2 Å². The third kappa shape index (κ3) is 4.29. The van der Waals surface area contributed by atoms with Crippen LogP contribution in [-0.4, -0.2) is 58.4 Å².